The van der Waals surface area contributed by atoms with Crippen molar-refractivity contribution in [3.05, 3.63) is 34.1 Å². The number of halogens is 2. The molecule has 0 bridgehead atoms. The minimum Gasteiger partial charge on any atom is -0.388 e. The van der Waals surface area contributed by atoms with Crippen molar-refractivity contribution in [3.63, 3.8) is 0 Å². The van der Waals surface area contributed by atoms with E-state index < -0.39 is 11.9 Å². The van der Waals surface area contributed by atoms with E-state index in [0.717, 1.165) is 0 Å². The Morgan fingerprint density at radius 1 is 1.57 bits per heavy atom. The minimum atomic E-state index is -0.820. The lowest BCUT2D eigenvalue weighted by molar-refractivity contribution is 0.165. The second-order valence-corrected chi connectivity index (χ2v) is 3.84. The second kappa shape index (κ2) is 5.14. The summed E-state index contributed by atoms with van der Waals surface area (Å²) in [5.74, 6) is 1.99. The zero-order valence-corrected chi connectivity index (χ0v) is 9.09. The van der Waals surface area contributed by atoms with E-state index in [-0.39, 0.29) is 0 Å². The van der Waals surface area contributed by atoms with Crippen molar-refractivity contribution in [2.75, 3.05) is 0 Å². The monoisotopic (exact) mass is 256 g/mol. The van der Waals surface area contributed by atoms with Gasteiger partial charge in [-0.15, -0.1) is 12.3 Å². The van der Waals surface area contributed by atoms with Gasteiger partial charge >= 0.3 is 0 Å². The van der Waals surface area contributed by atoms with Gasteiger partial charge in [-0.1, -0.05) is 22.0 Å². The molecule has 14 heavy (non-hydrogen) atoms. The molecule has 1 unspecified atom stereocenters. The highest BCUT2D eigenvalue weighted by atomic mass is 79.9. The first-order valence-corrected chi connectivity index (χ1v) is 5.01. The molecular formula is C11H10BrFO. The predicted molar refractivity (Wildman–Crippen MR) is 57.1 cm³/mol. The molecule has 0 spiro atoms. The maximum absolute atomic E-state index is 13.3. The second-order valence-electron chi connectivity index (χ2n) is 2.92. The van der Waals surface area contributed by atoms with Crippen LogP contribution >= 0.6 is 15.9 Å². The Labute approximate surface area is 91.1 Å². The van der Waals surface area contributed by atoms with Gasteiger partial charge in [0.05, 0.1) is 6.10 Å². The van der Waals surface area contributed by atoms with Gasteiger partial charge in [0, 0.05) is 16.5 Å². The number of hydrogen-bond donors (Lipinski definition) is 1. The van der Waals surface area contributed by atoms with E-state index in [9.17, 15) is 9.50 Å². The number of terminal acetylenes is 1. The van der Waals surface area contributed by atoms with Gasteiger partial charge in [-0.05, 0) is 18.6 Å². The van der Waals surface area contributed by atoms with Gasteiger partial charge in [0.2, 0.25) is 0 Å². The van der Waals surface area contributed by atoms with Crippen LogP contribution in [0.25, 0.3) is 0 Å². The fourth-order valence-corrected chi connectivity index (χ4v) is 1.48. The first kappa shape index (κ1) is 11.2. The molecule has 0 amide bonds. The number of aliphatic hydroxyl groups is 1. The van der Waals surface area contributed by atoms with Crippen LogP contribution in [0, 0.1) is 18.2 Å². The van der Waals surface area contributed by atoms with Crippen molar-refractivity contribution in [2.24, 2.45) is 0 Å². The highest BCUT2D eigenvalue weighted by molar-refractivity contribution is 9.10. The molecule has 0 fully saturated rings. The third-order valence-electron chi connectivity index (χ3n) is 1.88. The van der Waals surface area contributed by atoms with Crippen molar-refractivity contribution in [3.8, 4) is 12.3 Å². The number of hydrogen-bond acceptors (Lipinski definition) is 1. The summed E-state index contributed by atoms with van der Waals surface area (Å²) in [5, 5.41) is 9.57. The standard InChI is InChI=1S/C11H10BrFO/c1-2-3-4-11(14)9-6-5-8(12)7-10(9)13/h1,5-7,11,14H,3-4H2. The molecule has 0 aliphatic heterocycles. The van der Waals surface area contributed by atoms with E-state index in [0.29, 0.717) is 22.9 Å². The third-order valence-corrected chi connectivity index (χ3v) is 2.38. The maximum atomic E-state index is 13.3. The van der Waals surface area contributed by atoms with Gasteiger partial charge in [0.1, 0.15) is 5.82 Å². The zero-order chi connectivity index (χ0) is 10.6. The van der Waals surface area contributed by atoms with Crippen molar-refractivity contribution in [1.82, 2.24) is 0 Å². The molecule has 0 aliphatic rings. The Hall–Kier alpha value is -0.850. The van der Waals surface area contributed by atoms with Crippen LogP contribution in [-0.4, -0.2) is 5.11 Å². The van der Waals surface area contributed by atoms with E-state index in [2.05, 4.69) is 21.9 Å². The summed E-state index contributed by atoms with van der Waals surface area (Å²) in [6.45, 7) is 0. The first-order valence-electron chi connectivity index (χ1n) is 4.21. The summed E-state index contributed by atoms with van der Waals surface area (Å²) in [7, 11) is 0. The summed E-state index contributed by atoms with van der Waals surface area (Å²) in [6, 6.07) is 4.58. The molecule has 1 rings (SSSR count). The molecule has 1 aromatic rings. The molecule has 1 atom stereocenters. The van der Waals surface area contributed by atoms with Crippen LogP contribution in [0.1, 0.15) is 24.5 Å². The smallest absolute Gasteiger partial charge is 0.130 e. The lowest BCUT2D eigenvalue weighted by Crippen LogP contribution is -2.00. The van der Waals surface area contributed by atoms with Crippen LogP contribution in [0.2, 0.25) is 0 Å². The van der Waals surface area contributed by atoms with Gasteiger partial charge in [0.15, 0.2) is 0 Å². The van der Waals surface area contributed by atoms with Crippen molar-refractivity contribution in [1.29, 1.82) is 0 Å². The first-order chi connectivity index (χ1) is 6.65. The maximum Gasteiger partial charge on any atom is 0.130 e. The number of aliphatic hydroxyl groups excluding tert-OH is 1. The third kappa shape index (κ3) is 2.83. The van der Waals surface area contributed by atoms with Crippen LogP contribution in [-0.2, 0) is 0 Å². The SMILES string of the molecule is C#CCCC(O)c1ccc(Br)cc1F. The van der Waals surface area contributed by atoms with Crippen LogP contribution < -0.4 is 0 Å². The lowest BCUT2D eigenvalue weighted by atomic mass is 10.0. The molecule has 1 aromatic carbocycles. The van der Waals surface area contributed by atoms with Gasteiger partial charge in [0.25, 0.3) is 0 Å². The summed E-state index contributed by atoms with van der Waals surface area (Å²) in [4.78, 5) is 0. The Morgan fingerprint density at radius 3 is 2.86 bits per heavy atom. The van der Waals surface area contributed by atoms with E-state index in [1.165, 1.54) is 6.07 Å². The summed E-state index contributed by atoms with van der Waals surface area (Å²) >= 11 is 3.14. The van der Waals surface area contributed by atoms with Gasteiger partial charge < -0.3 is 5.11 Å². The van der Waals surface area contributed by atoms with E-state index in [4.69, 9.17) is 6.42 Å². The average Bonchev–Trinajstić information content (AvgIpc) is 2.14. The predicted octanol–water partition coefficient (Wildman–Crippen LogP) is 3.04. The summed E-state index contributed by atoms with van der Waals surface area (Å²) < 4.78 is 13.9. The molecule has 0 heterocycles. The van der Waals surface area contributed by atoms with Gasteiger partial charge in [-0.25, -0.2) is 4.39 Å². The number of benzene rings is 1. The molecule has 1 nitrogen and oxygen atoms in total. The highest BCUT2D eigenvalue weighted by Crippen LogP contribution is 2.23. The van der Waals surface area contributed by atoms with Crippen LogP contribution in [0.4, 0.5) is 4.39 Å². The van der Waals surface area contributed by atoms with E-state index in [1.807, 2.05) is 0 Å². The molecule has 74 valence electrons. The van der Waals surface area contributed by atoms with Crippen LogP contribution in [0.15, 0.2) is 22.7 Å². The van der Waals surface area contributed by atoms with Crippen molar-refractivity contribution < 1.29 is 9.50 Å². The van der Waals surface area contributed by atoms with E-state index >= 15 is 0 Å². The molecular weight excluding hydrogens is 247 g/mol. The summed E-state index contributed by atoms with van der Waals surface area (Å²) in [6.07, 6.45) is 5.06. The molecule has 0 saturated carbocycles. The Balaban J connectivity index is 2.80. The molecule has 0 aliphatic carbocycles. The minimum absolute atomic E-state index is 0.295. The highest BCUT2D eigenvalue weighted by Gasteiger charge is 2.11. The van der Waals surface area contributed by atoms with Gasteiger partial charge in [-0.2, -0.15) is 0 Å². The average molecular weight is 257 g/mol. The van der Waals surface area contributed by atoms with Crippen molar-refractivity contribution >= 4 is 15.9 Å². The largest absolute Gasteiger partial charge is 0.388 e. The molecule has 1 N–H and O–H groups in total. The Kier molecular flexibility index (Phi) is 4.12. The molecule has 0 aromatic heterocycles. The van der Waals surface area contributed by atoms with E-state index in [1.54, 1.807) is 12.1 Å². The number of rotatable bonds is 3. The van der Waals surface area contributed by atoms with Gasteiger partial charge in [-0.3, -0.25) is 0 Å². The molecule has 0 radical (unpaired) electrons. The Bertz CT molecular complexity index is 357. The fraction of sp³-hybridized carbons (Fsp3) is 0.273. The lowest BCUT2D eigenvalue weighted by Gasteiger charge is -2.10. The quantitative estimate of drug-likeness (QED) is 0.825. The Morgan fingerprint density at radius 2 is 2.29 bits per heavy atom. The van der Waals surface area contributed by atoms with Crippen LogP contribution in [0.5, 0.6) is 0 Å². The fourth-order valence-electron chi connectivity index (χ4n) is 1.15. The molecule has 0 saturated heterocycles. The van der Waals surface area contributed by atoms with Crippen LogP contribution in [0.3, 0.4) is 0 Å². The zero-order valence-electron chi connectivity index (χ0n) is 7.50. The molecule has 3 heteroatoms. The summed E-state index contributed by atoms with van der Waals surface area (Å²) in [5.41, 5.74) is 0.295. The normalized spacial score (nSPS) is 12.1. The topological polar surface area (TPSA) is 20.2 Å². The van der Waals surface area contributed by atoms with Crippen molar-refractivity contribution in [2.45, 2.75) is 18.9 Å².